The molecule has 0 bridgehead atoms. The van der Waals surface area contributed by atoms with Gasteiger partial charge in [0.05, 0.1) is 11.5 Å². The highest BCUT2D eigenvalue weighted by Gasteiger charge is 2.41. The molecule has 6 nitrogen and oxygen atoms in total. The molecule has 8 heteroatoms. The normalized spacial score (nSPS) is 16.8. The minimum absolute atomic E-state index is 0.184. The van der Waals surface area contributed by atoms with E-state index in [0.29, 0.717) is 10.9 Å². The fourth-order valence-corrected chi connectivity index (χ4v) is 4.07. The van der Waals surface area contributed by atoms with E-state index < -0.39 is 23.2 Å². The third kappa shape index (κ3) is 4.45. The van der Waals surface area contributed by atoms with Gasteiger partial charge in [-0.25, -0.2) is 4.79 Å². The number of hydrogen-bond acceptors (Lipinski definition) is 7. The summed E-state index contributed by atoms with van der Waals surface area (Å²) in [6, 6.07) is 12.3. The van der Waals surface area contributed by atoms with Crippen molar-refractivity contribution in [2.24, 2.45) is 0 Å². The third-order valence-electron chi connectivity index (χ3n) is 3.68. The molecule has 1 atom stereocenters. The second kappa shape index (κ2) is 8.49. The monoisotopic (exact) mass is 403 g/mol. The lowest BCUT2D eigenvalue weighted by atomic mass is 10.3. The molecule has 2 aromatic rings. The fourth-order valence-electron chi connectivity index (χ4n) is 2.38. The Morgan fingerprint density at radius 2 is 2.00 bits per heavy atom. The summed E-state index contributed by atoms with van der Waals surface area (Å²) >= 11 is 2.23. The molecule has 0 N–H and O–H groups in total. The van der Waals surface area contributed by atoms with Gasteiger partial charge < -0.3 is 9.15 Å². The highest BCUT2D eigenvalue weighted by atomic mass is 32.2. The number of rotatable bonds is 6. The summed E-state index contributed by atoms with van der Waals surface area (Å²) in [6.45, 7) is 3.32. The Balaban J connectivity index is 1.73. The molecule has 1 saturated heterocycles. The smallest absolute Gasteiger partial charge is 0.329 e. The van der Waals surface area contributed by atoms with Gasteiger partial charge in [-0.15, -0.1) is 0 Å². The molecule has 0 unspecified atom stereocenters. The minimum atomic E-state index is -0.968. The van der Waals surface area contributed by atoms with Gasteiger partial charge in [0, 0.05) is 11.0 Å². The van der Waals surface area contributed by atoms with Crippen molar-refractivity contribution in [2.45, 2.75) is 29.9 Å². The summed E-state index contributed by atoms with van der Waals surface area (Å²) in [6.07, 6.45) is 1.51. The number of thioether (sulfide) groups is 1. The summed E-state index contributed by atoms with van der Waals surface area (Å²) in [7, 11) is 0. The van der Waals surface area contributed by atoms with Gasteiger partial charge >= 0.3 is 5.97 Å². The van der Waals surface area contributed by atoms with E-state index in [1.165, 1.54) is 24.8 Å². The Kier molecular flexibility index (Phi) is 6.08. The number of esters is 1. The van der Waals surface area contributed by atoms with E-state index in [4.69, 9.17) is 9.15 Å². The second-order valence-electron chi connectivity index (χ2n) is 5.55. The van der Waals surface area contributed by atoms with Crippen molar-refractivity contribution in [3.8, 4) is 0 Å². The third-order valence-corrected chi connectivity index (χ3v) is 5.49. The molecule has 1 aromatic carbocycles. The van der Waals surface area contributed by atoms with Gasteiger partial charge in [-0.3, -0.25) is 14.5 Å². The first kappa shape index (κ1) is 19.3. The van der Waals surface area contributed by atoms with Crippen LogP contribution >= 0.6 is 23.5 Å². The maximum absolute atomic E-state index is 12.5. The summed E-state index contributed by atoms with van der Waals surface area (Å²) < 4.78 is 10.6. The lowest BCUT2D eigenvalue weighted by molar-refractivity contribution is -0.150. The van der Waals surface area contributed by atoms with Crippen LogP contribution in [0.25, 0.3) is 6.08 Å². The molecule has 27 heavy (non-hydrogen) atoms. The van der Waals surface area contributed by atoms with Crippen LogP contribution in [-0.2, 0) is 14.3 Å². The zero-order valence-corrected chi connectivity index (χ0v) is 16.3. The molecule has 2 amide bonds. The van der Waals surface area contributed by atoms with Gasteiger partial charge in [-0.05, 0) is 49.9 Å². The number of benzene rings is 1. The maximum atomic E-state index is 12.5. The van der Waals surface area contributed by atoms with Gasteiger partial charge in [0.2, 0.25) is 0 Å². The van der Waals surface area contributed by atoms with E-state index in [1.54, 1.807) is 19.1 Å². The SMILES string of the molecule is CCOC(=O)[C@H](C)N1C(=O)S/C(=C/c2ccc(Sc3ccccc3)o2)C1=O. The van der Waals surface area contributed by atoms with Gasteiger partial charge in [-0.1, -0.05) is 30.0 Å². The van der Waals surface area contributed by atoms with E-state index in [1.807, 2.05) is 30.3 Å². The first-order chi connectivity index (χ1) is 13.0. The maximum Gasteiger partial charge on any atom is 0.329 e. The van der Waals surface area contributed by atoms with Gasteiger partial charge in [0.1, 0.15) is 11.8 Å². The molecule has 0 aliphatic carbocycles. The van der Waals surface area contributed by atoms with E-state index in [2.05, 4.69) is 0 Å². The lowest BCUT2D eigenvalue weighted by Gasteiger charge is -2.19. The Labute approximate surface area is 164 Å². The summed E-state index contributed by atoms with van der Waals surface area (Å²) in [5.74, 6) is -0.678. The van der Waals surface area contributed by atoms with E-state index >= 15 is 0 Å². The largest absolute Gasteiger partial charge is 0.464 e. The van der Waals surface area contributed by atoms with Gasteiger partial charge in [0.15, 0.2) is 5.09 Å². The predicted molar refractivity (Wildman–Crippen MR) is 103 cm³/mol. The predicted octanol–water partition coefficient (Wildman–Crippen LogP) is 4.42. The van der Waals surface area contributed by atoms with Crippen molar-refractivity contribution in [1.29, 1.82) is 0 Å². The standard InChI is InChI=1S/C19H17NO5S2/c1-3-24-18(22)12(2)20-17(21)15(27-19(20)23)11-13-9-10-16(25-13)26-14-7-5-4-6-8-14/h4-12H,3H2,1-2H3/b15-11+/t12-/m0/s1. The lowest BCUT2D eigenvalue weighted by Crippen LogP contribution is -2.42. The number of carbonyl (C=O) groups is 3. The zero-order chi connectivity index (χ0) is 19.4. The number of nitrogens with zero attached hydrogens (tertiary/aromatic N) is 1. The van der Waals surface area contributed by atoms with Crippen LogP contribution in [-0.4, -0.2) is 34.7 Å². The van der Waals surface area contributed by atoms with Crippen molar-refractivity contribution in [3.63, 3.8) is 0 Å². The topological polar surface area (TPSA) is 76.8 Å². The Bertz CT molecular complexity index is 891. The van der Waals surface area contributed by atoms with E-state index in [0.717, 1.165) is 21.6 Å². The molecule has 1 aliphatic heterocycles. The average Bonchev–Trinajstić information content (AvgIpc) is 3.20. The summed E-state index contributed by atoms with van der Waals surface area (Å²) in [5, 5.41) is 0.170. The summed E-state index contributed by atoms with van der Waals surface area (Å²) in [4.78, 5) is 38.7. The van der Waals surface area contributed by atoms with Crippen LogP contribution in [0.2, 0.25) is 0 Å². The second-order valence-corrected chi connectivity index (χ2v) is 7.62. The van der Waals surface area contributed by atoms with Crippen molar-refractivity contribution in [2.75, 3.05) is 6.61 Å². The fraction of sp³-hybridized carbons (Fsp3) is 0.211. The first-order valence-corrected chi connectivity index (χ1v) is 9.89. The molecular weight excluding hydrogens is 386 g/mol. The molecule has 1 aliphatic rings. The van der Waals surface area contributed by atoms with Gasteiger partial charge in [-0.2, -0.15) is 0 Å². The number of hydrogen-bond donors (Lipinski definition) is 0. The van der Waals surface area contributed by atoms with Gasteiger partial charge in [0.25, 0.3) is 11.1 Å². The van der Waals surface area contributed by atoms with Crippen LogP contribution in [0.3, 0.4) is 0 Å². The minimum Gasteiger partial charge on any atom is -0.464 e. The number of ether oxygens (including phenoxy) is 1. The van der Waals surface area contributed by atoms with Crippen LogP contribution < -0.4 is 0 Å². The molecule has 0 spiro atoms. The molecular formula is C19H17NO5S2. The van der Waals surface area contributed by atoms with Crippen molar-refractivity contribution >= 4 is 46.7 Å². The molecule has 0 radical (unpaired) electrons. The highest BCUT2D eigenvalue weighted by Crippen LogP contribution is 2.35. The van der Waals surface area contributed by atoms with E-state index in [9.17, 15) is 14.4 Å². The molecule has 3 rings (SSSR count). The quantitative estimate of drug-likeness (QED) is 0.522. The molecule has 2 heterocycles. The average molecular weight is 403 g/mol. The first-order valence-electron chi connectivity index (χ1n) is 8.26. The molecule has 0 saturated carbocycles. The van der Waals surface area contributed by atoms with Crippen LogP contribution in [0.1, 0.15) is 19.6 Å². The van der Waals surface area contributed by atoms with Crippen LogP contribution in [0.5, 0.6) is 0 Å². The Hall–Kier alpha value is -2.45. The van der Waals surface area contributed by atoms with Crippen LogP contribution in [0.4, 0.5) is 4.79 Å². The Morgan fingerprint density at radius 3 is 2.70 bits per heavy atom. The number of imide groups is 1. The van der Waals surface area contributed by atoms with Crippen molar-refractivity contribution in [3.05, 3.63) is 53.1 Å². The van der Waals surface area contributed by atoms with Crippen LogP contribution in [0, 0.1) is 0 Å². The highest BCUT2D eigenvalue weighted by molar-refractivity contribution is 8.18. The molecule has 1 aromatic heterocycles. The van der Waals surface area contributed by atoms with Crippen LogP contribution in [0.15, 0.2) is 61.8 Å². The molecule has 140 valence electrons. The number of amides is 2. The summed E-state index contributed by atoms with van der Waals surface area (Å²) in [5.41, 5.74) is 0. The number of furan rings is 1. The zero-order valence-electron chi connectivity index (χ0n) is 14.7. The van der Waals surface area contributed by atoms with E-state index in [-0.39, 0.29) is 11.5 Å². The Morgan fingerprint density at radius 1 is 1.26 bits per heavy atom. The molecule has 1 fully saturated rings. The number of carbonyl (C=O) groups excluding carboxylic acids is 3. The van der Waals surface area contributed by atoms with Crippen molar-refractivity contribution < 1.29 is 23.5 Å². The van der Waals surface area contributed by atoms with Crippen molar-refractivity contribution in [1.82, 2.24) is 4.90 Å².